The van der Waals surface area contributed by atoms with Crippen molar-refractivity contribution in [3.05, 3.63) is 17.5 Å². The Morgan fingerprint density at radius 2 is 1.96 bits per heavy atom. The van der Waals surface area contributed by atoms with Crippen LogP contribution >= 0.6 is 0 Å². The van der Waals surface area contributed by atoms with Gasteiger partial charge in [0.05, 0.1) is 5.69 Å². The van der Waals surface area contributed by atoms with E-state index in [9.17, 15) is 18.0 Å². The van der Waals surface area contributed by atoms with E-state index in [0.717, 1.165) is 36.9 Å². The van der Waals surface area contributed by atoms with E-state index < -0.39 is 11.9 Å². The van der Waals surface area contributed by atoms with Crippen molar-refractivity contribution in [1.29, 1.82) is 0 Å². The lowest BCUT2D eigenvalue weighted by molar-refractivity contribution is -0.144. The molecule has 26 heavy (non-hydrogen) atoms. The number of piperazine rings is 1. The summed E-state index contributed by atoms with van der Waals surface area (Å²) in [6, 6.07) is 1.04. The summed E-state index contributed by atoms with van der Waals surface area (Å²) in [4.78, 5) is 16.5. The number of hydrogen-bond acceptors (Lipinski definition) is 4. The lowest BCUT2D eigenvalue weighted by Crippen LogP contribution is -2.45. The zero-order valence-electron chi connectivity index (χ0n) is 15.6. The van der Waals surface area contributed by atoms with Crippen LogP contribution in [0, 0.1) is 12.8 Å². The molecule has 1 amide bonds. The molecule has 1 aliphatic rings. The fourth-order valence-corrected chi connectivity index (χ4v) is 2.98. The van der Waals surface area contributed by atoms with Crippen LogP contribution in [0.3, 0.4) is 0 Å². The predicted molar refractivity (Wildman–Crippen MR) is 92.7 cm³/mol. The standard InChI is InChI=1S/C17H28F3N5O/c1-13(12-25-15(17(18,19)20)10-14(2)22-25)11-21-16(26)4-5-24-8-6-23(3)7-9-24/h10,13H,4-9,11-12H2,1-3H3,(H,21,26)/t13-/m1/s1. The largest absolute Gasteiger partial charge is 0.433 e. The molecule has 1 atom stereocenters. The number of halogens is 3. The van der Waals surface area contributed by atoms with E-state index in [1.165, 1.54) is 6.92 Å². The number of nitrogens with zero attached hydrogens (tertiary/aromatic N) is 4. The molecule has 0 aromatic carbocycles. The van der Waals surface area contributed by atoms with Crippen molar-refractivity contribution in [3.8, 4) is 0 Å². The zero-order chi connectivity index (χ0) is 19.3. The number of amides is 1. The van der Waals surface area contributed by atoms with Gasteiger partial charge in [0.15, 0.2) is 0 Å². The maximum absolute atomic E-state index is 13.0. The summed E-state index contributed by atoms with van der Waals surface area (Å²) in [6.45, 7) is 8.42. The minimum Gasteiger partial charge on any atom is -0.356 e. The van der Waals surface area contributed by atoms with Gasteiger partial charge >= 0.3 is 6.18 Å². The molecule has 0 aliphatic carbocycles. The third-order valence-corrected chi connectivity index (χ3v) is 4.58. The SMILES string of the molecule is Cc1cc(C(F)(F)F)n(C[C@H](C)CNC(=O)CCN2CCN(C)CC2)n1. The molecule has 1 fully saturated rings. The van der Waals surface area contributed by atoms with Gasteiger partial charge in [0.1, 0.15) is 5.69 Å². The van der Waals surface area contributed by atoms with E-state index in [0.29, 0.717) is 25.2 Å². The maximum Gasteiger partial charge on any atom is 0.433 e. The molecule has 2 heterocycles. The highest BCUT2D eigenvalue weighted by atomic mass is 19.4. The van der Waals surface area contributed by atoms with Crippen LogP contribution in [0.4, 0.5) is 13.2 Å². The van der Waals surface area contributed by atoms with Crippen molar-refractivity contribution in [3.63, 3.8) is 0 Å². The summed E-state index contributed by atoms with van der Waals surface area (Å²) in [5, 5.41) is 6.74. The number of nitrogens with one attached hydrogen (secondary N) is 1. The summed E-state index contributed by atoms with van der Waals surface area (Å²) in [6.07, 6.45) is -4.02. The van der Waals surface area contributed by atoms with Crippen LogP contribution < -0.4 is 5.32 Å². The van der Waals surface area contributed by atoms with Crippen LogP contribution in [0.5, 0.6) is 0 Å². The van der Waals surface area contributed by atoms with Crippen molar-refractivity contribution in [2.45, 2.75) is 33.0 Å². The second kappa shape index (κ2) is 8.85. The van der Waals surface area contributed by atoms with Gasteiger partial charge in [-0.1, -0.05) is 6.92 Å². The molecule has 9 heteroatoms. The summed E-state index contributed by atoms with van der Waals surface area (Å²) in [5.41, 5.74) is -0.413. The molecule has 1 N–H and O–H groups in total. The fraction of sp³-hybridized carbons (Fsp3) is 0.765. The van der Waals surface area contributed by atoms with Gasteiger partial charge in [-0.2, -0.15) is 18.3 Å². The molecular weight excluding hydrogens is 347 g/mol. The van der Waals surface area contributed by atoms with Crippen molar-refractivity contribution in [2.75, 3.05) is 46.3 Å². The molecule has 0 spiro atoms. The van der Waals surface area contributed by atoms with Crippen LogP contribution in [0.1, 0.15) is 24.7 Å². The van der Waals surface area contributed by atoms with E-state index in [4.69, 9.17) is 0 Å². The Kier molecular flexibility index (Phi) is 7.05. The van der Waals surface area contributed by atoms with Crippen LogP contribution in [0.25, 0.3) is 0 Å². The van der Waals surface area contributed by atoms with Crippen LogP contribution in [0.2, 0.25) is 0 Å². The van der Waals surface area contributed by atoms with Gasteiger partial charge in [0.25, 0.3) is 0 Å². The number of carbonyl (C=O) groups is 1. The third kappa shape index (κ3) is 6.28. The van der Waals surface area contributed by atoms with E-state index in [1.807, 2.05) is 0 Å². The Labute approximate surface area is 152 Å². The minimum absolute atomic E-state index is 0.0662. The van der Waals surface area contributed by atoms with Crippen molar-refractivity contribution in [1.82, 2.24) is 24.9 Å². The first-order valence-corrected chi connectivity index (χ1v) is 8.94. The molecule has 6 nitrogen and oxygen atoms in total. The first-order chi connectivity index (χ1) is 12.1. The molecule has 1 aliphatic heterocycles. The number of rotatable bonds is 7. The van der Waals surface area contributed by atoms with E-state index in [1.54, 1.807) is 6.92 Å². The number of likely N-dealkylation sites (N-methyl/N-ethyl adjacent to an activating group) is 1. The second-order valence-electron chi connectivity index (χ2n) is 7.15. The molecule has 1 aromatic rings. The third-order valence-electron chi connectivity index (χ3n) is 4.58. The molecule has 1 saturated heterocycles. The Morgan fingerprint density at radius 3 is 2.58 bits per heavy atom. The second-order valence-corrected chi connectivity index (χ2v) is 7.15. The van der Waals surface area contributed by atoms with Gasteiger partial charge in [0.2, 0.25) is 5.91 Å². The first kappa shape index (κ1) is 20.7. The van der Waals surface area contributed by atoms with Gasteiger partial charge in [0, 0.05) is 52.2 Å². The lowest BCUT2D eigenvalue weighted by atomic mass is 10.1. The number of aromatic nitrogens is 2. The van der Waals surface area contributed by atoms with Gasteiger partial charge < -0.3 is 15.1 Å². The summed E-state index contributed by atoms with van der Waals surface area (Å²) in [7, 11) is 2.08. The van der Waals surface area contributed by atoms with E-state index in [2.05, 4.69) is 27.3 Å². The predicted octanol–water partition coefficient (Wildman–Crippen LogP) is 1.60. The summed E-state index contributed by atoms with van der Waals surface area (Å²) in [5.74, 6) is -0.216. The van der Waals surface area contributed by atoms with Gasteiger partial charge in [-0.05, 0) is 26.0 Å². The smallest absolute Gasteiger partial charge is 0.356 e. The highest BCUT2D eigenvalue weighted by Gasteiger charge is 2.35. The normalized spacial score (nSPS) is 18.1. The molecule has 1 aromatic heterocycles. The van der Waals surface area contributed by atoms with Crippen LogP contribution in [-0.4, -0.2) is 71.8 Å². The fourth-order valence-electron chi connectivity index (χ4n) is 2.98. The molecule has 148 valence electrons. The number of carbonyl (C=O) groups excluding carboxylic acids is 1. The topological polar surface area (TPSA) is 53.4 Å². The van der Waals surface area contributed by atoms with Crippen molar-refractivity contribution < 1.29 is 18.0 Å². The van der Waals surface area contributed by atoms with Gasteiger partial charge in [-0.25, -0.2) is 0 Å². The lowest BCUT2D eigenvalue weighted by Gasteiger charge is -2.32. The molecule has 0 saturated carbocycles. The monoisotopic (exact) mass is 375 g/mol. The summed E-state index contributed by atoms with van der Waals surface area (Å²) < 4.78 is 40.0. The average Bonchev–Trinajstić information content (AvgIpc) is 2.93. The minimum atomic E-state index is -4.42. The molecule has 0 radical (unpaired) electrons. The number of alkyl halides is 3. The quantitative estimate of drug-likeness (QED) is 0.787. The van der Waals surface area contributed by atoms with Crippen molar-refractivity contribution in [2.24, 2.45) is 5.92 Å². The zero-order valence-corrected chi connectivity index (χ0v) is 15.6. The van der Waals surface area contributed by atoms with Gasteiger partial charge in [-0.3, -0.25) is 9.48 Å². The number of aryl methyl sites for hydroxylation is 1. The van der Waals surface area contributed by atoms with E-state index in [-0.39, 0.29) is 18.4 Å². The first-order valence-electron chi connectivity index (χ1n) is 8.94. The van der Waals surface area contributed by atoms with E-state index >= 15 is 0 Å². The molecular formula is C17H28F3N5O. The summed E-state index contributed by atoms with van der Waals surface area (Å²) >= 11 is 0. The van der Waals surface area contributed by atoms with Crippen LogP contribution in [-0.2, 0) is 17.5 Å². The molecule has 2 rings (SSSR count). The highest BCUT2D eigenvalue weighted by molar-refractivity contribution is 5.76. The molecule has 0 bridgehead atoms. The number of hydrogen-bond donors (Lipinski definition) is 1. The Morgan fingerprint density at radius 1 is 1.31 bits per heavy atom. The Hall–Kier alpha value is -1.61. The Bertz CT molecular complexity index is 594. The highest BCUT2D eigenvalue weighted by Crippen LogP contribution is 2.30. The van der Waals surface area contributed by atoms with Crippen molar-refractivity contribution >= 4 is 5.91 Å². The van der Waals surface area contributed by atoms with Gasteiger partial charge in [-0.15, -0.1) is 0 Å². The Balaban J connectivity index is 1.73. The maximum atomic E-state index is 13.0. The molecule has 0 unspecified atom stereocenters. The van der Waals surface area contributed by atoms with Crippen LogP contribution in [0.15, 0.2) is 6.07 Å². The average molecular weight is 375 g/mol.